The second-order valence-corrected chi connectivity index (χ2v) is 4.59. The molecule has 2 nitrogen and oxygen atoms in total. The van der Waals surface area contributed by atoms with Crippen LogP contribution in [0.3, 0.4) is 0 Å². The van der Waals surface area contributed by atoms with Gasteiger partial charge in [0.15, 0.2) is 5.82 Å². The van der Waals surface area contributed by atoms with E-state index in [1.165, 1.54) is 24.8 Å². The molecule has 0 amide bonds. The van der Waals surface area contributed by atoms with E-state index in [1.54, 1.807) is 0 Å². The molecule has 0 bridgehead atoms. The van der Waals surface area contributed by atoms with Crippen LogP contribution in [0.4, 0.5) is 0 Å². The quantitative estimate of drug-likeness (QED) is 0.595. The van der Waals surface area contributed by atoms with Crippen LogP contribution in [-0.4, -0.2) is 9.97 Å². The summed E-state index contributed by atoms with van der Waals surface area (Å²) in [5, 5.41) is 0. The molecule has 0 N–H and O–H groups in total. The van der Waals surface area contributed by atoms with Gasteiger partial charge in [0.05, 0.1) is 0 Å². The number of aryl methyl sites for hydroxylation is 1. The summed E-state index contributed by atoms with van der Waals surface area (Å²) in [5.41, 5.74) is 3.08. The SMILES string of the molecule is C#Cc1ccc(-c2ncc(CCCCC)cn2)cc1. The van der Waals surface area contributed by atoms with Gasteiger partial charge in [-0.3, -0.25) is 0 Å². The average Bonchev–Trinajstić information content (AvgIpc) is 2.48. The maximum atomic E-state index is 5.34. The molecule has 1 aromatic heterocycles. The van der Waals surface area contributed by atoms with Crippen molar-refractivity contribution < 1.29 is 0 Å². The molecule has 0 fully saturated rings. The minimum atomic E-state index is 0.753. The molecular formula is C17H18N2. The van der Waals surface area contributed by atoms with Crippen molar-refractivity contribution in [2.45, 2.75) is 32.6 Å². The first kappa shape index (κ1) is 13.3. The smallest absolute Gasteiger partial charge is 0.159 e. The molecule has 0 radical (unpaired) electrons. The van der Waals surface area contributed by atoms with E-state index in [0.29, 0.717) is 0 Å². The Kier molecular flexibility index (Phi) is 4.69. The molecule has 0 saturated heterocycles. The molecular weight excluding hydrogens is 232 g/mol. The van der Waals surface area contributed by atoms with Gasteiger partial charge in [-0.1, -0.05) is 25.7 Å². The predicted molar refractivity (Wildman–Crippen MR) is 78.6 cm³/mol. The molecule has 0 saturated carbocycles. The van der Waals surface area contributed by atoms with Crippen molar-refractivity contribution >= 4 is 0 Å². The van der Waals surface area contributed by atoms with Crippen molar-refractivity contribution in [2.75, 3.05) is 0 Å². The summed E-state index contributed by atoms with van der Waals surface area (Å²) in [6, 6.07) is 7.74. The Bertz CT molecular complexity index is 547. The zero-order valence-electron chi connectivity index (χ0n) is 11.3. The molecule has 1 heterocycles. The fourth-order valence-electron chi connectivity index (χ4n) is 1.93. The van der Waals surface area contributed by atoms with Crippen LogP contribution in [0.15, 0.2) is 36.7 Å². The Hall–Kier alpha value is -2.14. The number of aromatic nitrogens is 2. The van der Waals surface area contributed by atoms with E-state index in [0.717, 1.165) is 23.4 Å². The van der Waals surface area contributed by atoms with Gasteiger partial charge in [0.25, 0.3) is 0 Å². The van der Waals surface area contributed by atoms with Gasteiger partial charge in [0.1, 0.15) is 0 Å². The van der Waals surface area contributed by atoms with Crippen molar-refractivity contribution in [3.05, 3.63) is 47.8 Å². The predicted octanol–water partition coefficient (Wildman–Crippen LogP) is 3.86. The van der Waals surface area contributed by atoms with Crippen LogP contribution in [0.1, 0.15) is 37.3 Å². The average molecular weight is 250 g/mol. The van der Waals surface area contributed by atoms with Crippen molar-refractivity contribution in [1.29, 1.82) is 0 Å². The standard InChI is InChI=1S/C17H18N2/c1-3-5-6-7-15-12-18-17(19-13-15)16-10-8-14(4-2)9-11-16/h2,8-13H,3,5-7H2,1H3. The third kappa shape index (κ3) is 3.66. The van der Waals surface area contributed by atoms with E-state index >= 15 is 0 Å². The van der Waals surface area contributed by atoms with Crippen molar-refractivity contribution in [3.8, 4) is 23.7 Å². The van der Waals surface area contributed by atoms with Gasteiger partial charge in [-0.15, -0.1) is 6.42 Å². The van der Waals surface area contributed by atoms with Crippen molar-refractivity contribution in [2.24, 2.45) is 0 Å². The zero-order chi connectivity index (χ0) is 13.5. The summed E-state index contributed by atoms with van der Waals surface area (Å²) >= 11 is 0. The highest BCUT2D eigenvalue weighted by Crippen LogP contribution is 2.15. The molecule has 19 heavy (non-hydrogen) atoms. The van der Waals surface area contributed by atoms with Crippen molar-refractivity contribution in [1.82, 2.24) is 9.97 Å². The fraction of sp³-hybridized carbons (Fsp3) is 0.294. The first-order chi connectivity index (χ1) is 9.33. The van der Waals surface area contributed by atoms with E-state index < -0.39 is 0 Å². The largest absolute Gasteiger partial charge is 0.236 e. The number of hydrogen-bond acceptors (Lipinski definition) is 2. The molecule has 0 atom stereocenters. The Labute approximate surface area is 114 Å². The summed E-state index contributed by atoms with van der Waals surface area (Å²) in [6.07, 6.45) is 13.9. The van der Waals surface area contributed by atoms with Gasteiger partial charge in [0.2, 0.25) is 0 Å². The van der Waals surface area contributed by atoms with E-state index in [-0.39, 0.29) is 0 Å². The van der Waals surface area contributed by atoms with Crippen LogP contribution in [0.2, 0.25) is 0 Å². The summed E-state index contributed by atoms with van der Waals surface area (Å²) in [7, 11) is 0. The number of nitrogens with zero attached hydrogens (tertiary/aromatic N) is 2. The van der Waals surface area contributed by atoms with Gasteiger partial charge in [-0.2, -0.15) is 0 Å². The monoisotopic (exact) mass is 250 g/mol. The van der Waals surface area contributed by atoms with E-state index in [4.69, 9.17) is 6.42 Å². The maximum Gasteiger partial charge on any atom is 0.159 e. The third-order valence-electron chi connectivity index (χ3n) is 3.08. The molecule has 0 unspecified atom stereocenters. The Morgan fingerprint density at radius 2 is 1.74 bits per heavy atom. The first-order valence-electron chi connectivity index (χ1n) is 6.71. The van der Waals surface area contributed by atoms with Crippen LogP contribution in [0.5, 0.6) is 0 Å². The fourth-order valence-corrected chi connectivity index (χ4v) is 1.93. The van der Waals surface area contributed by atoms with Crippen LogP contribution in [0.25, 0.3) is 11.4 Å². The molecule has 2 rings (SSSR count). The molecule has 96 valence electrons. The van der Waals surface area contributed by atoms with Crippen LogP contribution in [0, 0.1) is 12.3 Å². The Morgan fingerprint density at radius 3 is 2.32 bits per heavy atom. The van der Waals surface area contributed by atoms with Crippen molar-refractivity contribution in [3.63, 3.8) is 0 Å². The van der Waals surface area contributed by atoms with E-state index in [1.807, 2.05) is 36.7 Å². The topological polar surface area (TPSA) is 25.8 Å². The normalized spacial score (nSPS) is 10.1. The lowest BCUT2D eigenvalue weighted by molar-refractivity contribution is 0.714. The molecule has 1 aromatic carbocycles. The Morgan fingerprint density at radius 1 is 1.05 bits per heavy atom. The summed E-state index contributed by atoms with van der Waals surface area (Å²) in [5.74, 6) is 3.36. The lowest BCUT2D eigenvalue weighted by Gasteiger charge is -2.03. The highest BCUT2D eigenvalue weighted by molar-refractivity contribution is 5.56. The van der Waals surface area contributed by atoms with Gasteiger partial charge in [-0.05, 0) is 42.7 Å². The Balaban J connectivity index is 2.07. The summed E-state index contributed by atoms with van der Waals surface area (Å²) < 4.78 is 0. The summed E-state index contributed by atoms with van der Waals surface area (Å²) in [4.78, 5) is 8.84. The number of hydrogen-bond donors (Lipinski definition) is 0. The van der Waals surface area contributed by atoms with E-state index in [9.17, 15) is 0 Å². The first-order valence-corrected chi connectivity index (χ1v) is 6.71. The lowest BCUT2D eigenvalue weighted by atomic mass is 10.1. The van der Waals surface area contributed by atoms with Gasteiger partial charge >= 0.3 is 0 Å². The van der Waals surface area contributed by atoms with Crippen LogP contribution >= 0.6 is 0 Å². The van der Waals surface area contributed by atoms with Crippen LogP contribution < -0.4 is 0 Å². The highest BCUT2D eigenvalue weighted by Gasteiger charge is 2.01. The van der Waals surface area contributed by atoms with Gasteiger partial charge in [0, 0.05) is 23.5 Å². The second-order valence-electron chi connectivity index (χ2n) is 4.59. The number of terminal acetylenes is 1. The molecule has 0 spiro atoms. The summed E-state index contributed by atoms with van der Waals surface area (Å²) in [6.45, 7) is 2.21. The molecule has 0 aliphatic heterocycles. The van der Waals surface area contributed by atoms with Crippen LogP contribution in [-0.2, 0) is 6.42 Å². The minimum Gasteiger partial charge on any atom is -0.236 e. The minimum absolute atomic E-state index is 0.753. The lowest BCUT2D eigenvalue weighted by Crippen LogP contribution is -1.93. The second kappa shape index (κ2) is 6.70. The number of unbranched alkanes of at least 4 members (excludes halogenated alkanes) is 2. The van der Waals surface area contributed by atoms with Gasteiger partial charge in [-0.25, -0.2) is 9.97 Å². The third-order valence-corrected chi connectivity index (χ3v) is 3.08. The number of rotatable bonds is 5. The molecule has 0 aliphatic carbocycles. The van der Waals surface area contributed by atoms with Gasteiger partial charge < -0.3 is 0 Å². The number of benzene rings is 1. The molecule has 0 aliphatic rings. The maximum absolute atomic E-state index is 5.34. The van der Waals surface area contributed by atoms with E-state index in [2.05, 4.69) is 22.8 Å². The highest BCUT2D eigenvalue weighted by atomic mass is 14.9. The molecule has 2 aromatic rings. The molecule has 2 heteroatoms. The zero-order valence-corrected chi connectivity index (χ0v) is 11.3.